The summed E-state index contributed by atoms with van der Waals surface area (Å²) < 4.78 is 26.3. The maximum Gasteiger partial charge on any atom is 0.245 e. The Balaban J connectivity index is 2.31. The van der Waals surface area contributed by atoms with Gasteiger partial charge in [-0.2, -0.15) is 4.31 Å². The van der Waals surface area contributed by atoms with Crippen molar-refractivity contribution in [1.82, 2.24) is 4.31 Å². The Labute approximate surface area is 118 Å². The number of aliphatic hydroxyl groups excluding tert-OH is 1. The maximum atomic E-state index is 12.5. The molecule has 0 aromatic heterocycles. The Bertz CT molecular complexity index is 574. The average molecular weight is 305 g/mol. The summed E-state index contributed by atoms with van der Waals surface area (Å²) in [5.41, 5.74) is 5.91. The maximum absolute atomic E-state index is 12.5. The first-order valence-electron chi connectivity index (χ1n) is 6.05. The molecular weight excluding hydrogens is 288 g/mol. The number of halogens is 1. The highest BCUT2D eigenvalue weighted by atomic mass is 35.5. The molecule has 1 aromatic carbocycles. The lowest BCUT2D eigenvalue weighted by Gasteiger charge is -2.18. The Kier molecular flexibility index (Phi) is 4.06. The van der Waals surface area contributed by atoms with Gasteiger partial charge < -0.3 is 10.8 Å². The van der Waals surface area contributed by atoms with Gasteiger partial charge in [-0.3, -0.25) is 0 Å². The van der Waals surface area contributed by atoms with Gasteiger partial charge in [0.15, 0.2) is 0 Å². The van der Waals surface area contributed by atoms with Crippen molar-refractivity contribution in [2.75, 3.05) is 18.8 Å². The van der Waals surface area contributed by atoms with E-state index in [1.807, 2.05) is 0 Å². The number of hydrogen-bond donors (Lipinski definition) is 2. The zero-order valence-corrected chi connectivity index (χ0v) is 12.2. The normalized spacial score (nSPS) is 22.6. The number of nitrogens with zero attached hydrogens (tertiary/aromatic N) is 1. The molecule has 2 unspecified atom stereocenters. The van der Waals surface area contributed by atoms with Crippen LogP contribution in [0.25, 0.3) is 0 Å². The van der Waals surface area contributed by atoms with Crippen LogP contribution in [-0.4, -0.2) is 37.0 Å². The van der Waals surface area contributed by atoms with E-state index < -0.39 is 16.1 Å². The first kappa shape index (κ1) is 14.6. The fraction of sp³-hybridized carbons (Fsp3) is 0.500. The van der Waals surface area contributed by atoms with Crippen molar-refractivity contribution in [3.8, 4) is 0 Å². The third kappa shape index (κ3) is 2.86. The van der Waals surface area contributed by atoms with Crippen molar-refractivity contribution in [2.45, 2.75) is 24.3 Å². The molecule has 7 heteroatoms. The highest BCUT2D eigenvalue weighted by Gasteiger charge is 2.35. The smallest absolute Gasteiger partial charge is 0.245 e. The molecule has 0 spiro atoms. The Morgan fingerprint density at radius 3 is 2.79 bits per heavy atom. The summed E-state index contributed by atoms with van der Waals surface area (Å²) in [6.45, 7) is 2.38. The summed E-state index contributed by atoms with van der Waals surface area (Å²) in [7, 11) is -3.65. The number of sulfonamides is 1. The van der Waals surface area contributed by atoms with E-state index >= 15 is 0 Å². The summed E-state index contributed by atoms with van der Waals surface area (Å²) in [4.78, 5) is 0.0336. The average Bonchev–Trinajstić information content (AvgIpc) is 2.82. The fourth-order valence-corrected chi connectivity index (χ4v) is 4.13. The number of nitrogens with two attached hydrogens (primary N) is 1. The van der Waals surface area contributed by atoms with Gasteiger partial charge in [-0.1, -0.05) is 11.6 Å². The van der Waals surface area contributed by atoms with Gasteiger partial charge in [-0.15, -0.1) is 0 Å². The van der Waals surface area contributed by atoms with Gasteiger partial charge in [0.2, 0.25) is 10.0 Å². The van der Waals surface area contributed by atoms with Gasteiger partial charge in [0.1, 0.15) is 4.90 Å². The predicted molar refractivity (Wildman–Crippen MR) is 74.4 cm³/mol. The highest BCUT2D eigenvalue weighted by molar-refractivity contribution is 7.89. The predicted octanol–water partition coefficient (Wildman–Crippen LogP) is 1.31. The molecule has 0 amide bonds. The van der Waals surface area contributed by atoms with Crippen molar-refractivity contribution in [1.29, 1.82) is 0 Å². The van der Waals surface area contributed by atoms with E-state index in [1.54, 1.807) is 13.0 Å². The summed E-state index contributed by atoms with van der Waals surface area (Å²) >= 11 is 5.83. The number of rotatable bonds is 3. The zero-order valence-electron chi connectivity index (χ0n) is 10.6. The van der Waals surface area contributed by atoms with E-state index in [9.17, 15) is 13.5 Å². The molecule has 19 heavy (non-hydrogen) atoms. The van der Waals surface area contributed by atoms with Crippen LogP contribution in [0, 0.1) is 5.92 Å². The minimum atomic E-state index is -3.65. The van der Waals surface area contributed by atoms with E-state index in [4.69, 9.17) is 17.3 Å². The molecule has 0 aliphatic carbocycles. The van der Waals surface area contributed by atoms with Gasteiger partial charge >= 0.3 is 0 Å². The van der Waals surface area contributed by atoms with Crippen LogP contribution in [0.3, 0.4) is 0 Å². The van der Waals surface area contributed by atoms with Gasteiger partial charge in [-0.05, 0) is 37.5 Å². The molecule has 106 valence electrons. The second-order valence-corrected chi connectivity index (χ2v) is 7.18. The number of nitrogen functional groups attached to an aromatic ring is 1. The zero-order chi connectivity index (χ0) is 14.2. The molecule has 2 rings (SSSR count). The summed E-state index contributed by atoms with van der Waals surface area (Å²) in [5, 5.41) is 9.87. The first-order valence-corrected chi connectivity index (χ1v) is 7.87. The number of hydrogen-bond acceptors (Lipinski definition) is 4. The Morgan fingerprint density at radius 2 is 2.21 bits per heavy atom. The van der Waals surface area contributed by atoms with Crippen molar-refractivity contribution in [2.24, 2.45) is 5.92 Å². The molecule has 0 bridgehead atoms. The minimum Gasteiger partial charge on any atom is -0.398 e. The highest BCUT2D eigenvalue weighted by Crippen LogP contribution is 2.30. The van der Waals surface area contributed by atoms with Crippen LogP contribution in [0.4, 0.5) is 5.69 Å². The molecule has 1 saturated heterocycles. The second kappa shape index (κ2) is 5.28. The van der Waals surface area contributed by atoms with Gasteiger partial charge in [0.25, 0.3) is 0 Å². The number of anilines is 1. The molecule has 1 fully saturated rings. The quantitative estimate of drug-likeness (QED) is 0.825. The Morgan fingerprint density at radius 1 is 1.53 bits per heavy atom. The fourth-order valence-electron chi connectivity index (χ4n) is 2.24. The lowest BCUT2D eigenvalue weighted by atomic mass is 10.0. The second-order valence-electron chi connectivity index (χ2n) is 4.83. The SMILES string of the molecule is CC(O)C1CCN(S(=O)(=O)c2cc(Cl)ccc2N)C1. The molecule has 5 nitrogen and oxygen atoms in total. The monoisotopic (exact) mass is 304 g/mol. The van der Waals surface area contributed by atoms with Gasteiger partial charge in [0, 0.05) is 18.1 Å². The van der Waals surface area contributed by atoms with Crippen molar-refractivity contribution in [3.05, 3.63) is 23.2 Å². The molecule has 0 radical (unpaired) electrons. The third-order valence-corrected chi connectivity index (χ3v) is 5.62. The molecule has 1 aromatic rings. The van der Waals surface area contributed by atoms with Crippen LogP contribution in [0.15, 0.2) is 23.1 Å². The first-order chi connectivity index (χ1) is 8.82. The number of aliphatic hydroxyl groups is 1. The lowest BCUT2D eigenvalue weighted by Crippen LogP contribution is -2.31. The van der Waals surface area contributed by atoms with Crippen LogP contribution < -0.4 is 5.73 Å². The molecule has 1 heterocycles. The topological polar surface area (TPSA) is 83.6 Å². The minimum absolute atomic E-state index is 0.0322. The van der Waals surface area contributed by atoms with Crippen molar-refractivity contribution in [3.63, 3.8) is 0 Å². The summed E-state index contributed by atoms with van der Waals surface area (Å²) in [6, 6.07) is 4.40. The van der Waals surface area contributed by atoms with E-state index in [2.05, 4.69) is 0 Å². The van der Waals surface area contributed by atoms with Crippen molar-refractivity contribution >= 4 is 27.3 Å². The van der Waals surface area contributed by atoms with E-state index in [1.165, 1.54) is 16.4 Å². The van der Waals surface area contributed by atoms with E-state index in [0.29, 0.717) is 24.5 Å². The van der Waals surface area contributed by atoms with Crippen LogP contribution in [-0.2, 0) is 10.0 Å². The van der Waals surface area contributed by atoms with Crippen LogP contribution in [0.2, 0.25) is 5.02 Å². The van der Waals surface area contributed by atoms with Crippen LogP contribution >= 0.6 is 11.6 Å². The molecular formula is C12H17ClN2O3S. The van der Waals surface area contributed by atoms with Crippen molar-refractivity contribution < 1.29 is 13.5 Å². The molecule has 1 aliphatic rings. The van der Waals surface area contributed by atoms with Gasteiger partial charge in [-0.25, -0.2) is 8.42 Å². The molecule has 0 saturated carbocycles. The molecule has 2 atom stereocenters. The van der Waals surface area contributed by atoms with E-state index in [-0.39, 0.29) is 16.5 Å². The molecule has 1 aliphatic heterocycles. The molecule has 3 N–H and O–H groups in total. The summed E-state index contributed by atoms with van der Waals surface area (Å²) in [5.74, 6) is -0.0322. The standard InChI is InChI=1S/C12H17ClN2O3S/c1-8(16)9-4-5-15(7-9)19(17,18)12-6-10(13)2-3-11(12)14/h2-3,6,8-9,16H,4-5,7,14H2,1H3. The Hall–Kier alpha value is -0.820. The third-order valence-electron chi connectivity index (χ3n) is 3.46. The lowest BCUT2D eigenvalue weighted by molar-refractivity contribution is 0.133. The van der Waals surface area contributed by atoms with Gasteiger partial charge in [0.05, 0.1) is 11.8 Å². The largest absolute Gasteiger partial charge is 0.398 e. The summed E-state index contributed by atoms with van der Waals surface area (Å²) in [6.07, 6.45) is 0.133. The van der Waals surface area contributed by atoms with Crippen LogP contribution in [0.1, 0.15) is 13.3 Å². The number of benzene rings is 1. The van der Waals surface area contributed by atoms with E-state index in [0.717, 1.165) is 0 Å². The van der Waals surface area contributed by atoms with Crippen LogP contribution in [0.5, 0.6) is 0 Å².